The highest BCUT2D eigenvalue weighted by atomic mass is 16.5. The average Bonchev–Trinajstić information content (AvgIpc) is 2.87. The Balaban J connectivity index is 2.11. The molecule has 4 heteroatoms. The van der Waals surface area contributed by atoms with Crippen LogP contribution in [0.3, 0.4) is 0 Å². The summed E-state index contributed by atoms with van der Waals surface area (Å²) in [6.07, 6.45) is 3.08. The zero-order valence-electron chi connectivity index (χ0n) is 13.4. The highest BCUT2D eigenvalue weighted by Crippen LogP contribution is 2.18. The molecule has 0 amide bonds. The van der Waals surface area contributed by atoms with Crippen LogP contribution >= 0.6 is 0 Å². The normalized spacial score (nSPS) is 12.4. The Bertz CT molecular complexity index is 560. The molecule has 21 heavy (non-hydrogen) atoms. The predicted molar refractivity (Wildman–Crippen MR) is 86.1 cm³/mol. The van der Waals surface area contributed by atoms with Gasteiger partial charge >= 0.3 is 0 Å². The maximum atomic E-state index is 5.47. The van der Waals surface area contributed by atoms with E-state index < -0.39 is 0 Å². The number of nitrogens with one attached hydrogen (secondary N) is 1. The molecule has 4 nitrogen and oxygen atoms in total. The number of rotatable bonds is 7. The summed E-state index contributed by atoms with van der Waals surface area (Å²) in [4.78, 5) is 0. The molecular weight excluding hydrogens is 262 g/mol. The van der Waals surface area contributed by atoms with Crippen molar-refractivity contribution >= 4 is 0 Å². The third-order valence-electron chi connectivity index (χ3n) is 3.76. The van der Waals surface area contributed by atoms with Gasteiger partial charge in [-0.05, 0) is 51.5 Å². The molecule has 0 fully saturated rings. The van der Waals surface area contributed by atoms with Crippen molar-refractivity contribution in [2.45, 2.75) is 46.7 Å². The Morgan fingerprint density at radius 1 is 1.24 bits per heavy atom. The summed E-state index contributed by atoms with van der Waals surface area (Å²) < 4.78 is 7.45. The molecule has 0 radical (unpaired) electrons. The zero-order valence-corrected chi connectivity index (χ0v) is 13.4. The van der Waals surface area contributed by atoms with E-state index in [1.807, 2.05) is 42.1 Å². The van der Waals surface area contributed by atoms with E-state index >= 15 is 0 Å². The Kier molecular flexibility index (Phi) is 5.39. The van der Waals surface area contributed by atoms with Gasteiger partial charge in [0.05, 0.1) is 18.5 Å². The van der Waals surface area contributed by atoms with Crippen molar-refractivity contribution < 1.29 is 4.74 Å². The minimum atomic E-state index is 0.526. The van der Waals surface area contributed by atoms with Gasteiger partial charge in [-0.1, -0.05) is 6.92 Å². The smallest absolute Gasteiger partial charge is 0.119 e. The van der Waals surface area contributed by atoms with E-state index in [9.17, 15) is 0 Å². The van der Waals surface area contributed by atoms with Crippen LogP contribution in [0, 0.1) is 6.92 Å². The standard InChI is InChI=1S/C17H25N3O/c1-5-13(3)18-11-15-12-19-20(14(15)4)16-7-9-17(10-8-16)21-6-2/h7-10,12-13,18H,5-6,11H2,1-4H3. The van der Waals surface area contributed by atoms with E-state index in [1.165, 1.54) is 11.3 Å². The molecule has 1 aromatic carbocycles. The van der Waals surface area contributed by atoms with Crippen molar-refractivity contribution in [1.29, 1.82) is 0 Å². The molecule has 0 saturated carbocycles. The molecule has 1 heterocycles. The lowest BCUT2D eigenvalue weighted by Crippen LogP contribution is -2.24. The highest BCUT2D eigenvalue weighted by molar-refractivity contribution is 5.39. The lowest BCUT2D eigenvalue weighted by atomic mass is 10.2. The second-order valence-corrected chi connectivity index (χ2v) is 5.28. The van der Waals surface area contributed by atoms with Crippen LogP contribution < -0.4 is 10.1 Å². The first-order valence-electron chi connectivity index (χ1n) is 7.65. The Morgan fingerprint density at radius 2 is 1.95 bits per heavy atom. The van der Waals surface area contributed by atoms with Crippen molar-refractivity contribution in [3.8, 4) is 11.4 Å². The number of hydrogen-bond donors (Lipinski definition) is 1. The molecule has 0 aliphatic rings. The molecule has 1 aromatic heterocycles. The summed E-state index contributed by atoms with van der Waals surface area (Å²) in [5.41, 5.74) is 3.48. The van der Waals surface area contributed by atoms with E-state index in [0.717, 1.165) is 24.4 Å². The predicted octanol–water partition coefficient (Wildman–Crippen LogP) is 3.47. The van der Waals surface area contributed by atoms with Gasteiger partial charge in [-0.3, -0.25) is 0 Å². The van der Waals surface area contributed by atoms with Gasteiger partial charge < -0.3 is 10.1 Å². The van der Waals surface area contributed by atoms with E-state index in [0.29, 0.717) is 12.6 Å². The minimum absolute atomic E-state index is 0.526. The molecule has 2 aromatic rings. The van der Waals surface area contributed by atoms with Gasteiger partial charge in [-0.25, -0.2) is 4.68 Å². The molecule has 0 aliphatic heterocycles. The van der Waals surface area contributed by atoms with Crippen LogP contribution in [-0.2, 0) is 6.54 Å². The number of ether oxygens (including phenoxy) is 1. The minimum Gasteiger partial charge on any atom is -0.494 e. The first-order chi connectivity index (χ1) is 10.2. The van der Waals surface area contributed by atoms with Gasteiger partial charge in [0.25, 0.3) is 0 Å². The monoisotopic (exact) mass is 287 g/mol. The zero-order chi connectivity index (χ0) is 15.2. The van der Waals surface area contributed by atoms with Gasteiger partial charge in [0.1, 0.15) is 5.75 Å². The van der Waals surface area contributed by atoms with Gasteiger partial charge in [0.2, 0.25) is 0 Å². The molecule has 0 bridgehead atoms. The SMILES string of the molecule is CCOc1ccc(-n2ncc(CNC(C)CC)c2C)cc1. The van der Waals surface area contributed by atoms with Gasteiger partial charge in [0.15, 0.2) is 0 Å². The maximum absolute atomic E-state index is 5.47. The van der Waals surface area contributed by atoms with Crippen molar-refractivity contribution in [1.82, 2.24) is 15.1 Å². The number of aromatic nitrogens is 2. The number of benzene rings is 1. The second-order valence-electron chi connectivity index (χ2n) is 5.28. The van der Waals surface area contributed by atoms with Crippen molar-refractivity contribution in [2.75, 3.05) is 6.61 Å². The van der Waals surface area contributed by atoms with Gasteiger partial charge in [-0.2, -0.15) is 5.10 Å². The summed E-state index contributed by atoms with van der Waals surface area (Å²) in [6, 6.07) is 8.57. The third-order valence-corrected chi connectivity index (χ3v) is 3.76. The van der Waals surface area contributed by atoms with Crippen molar-refractivity contribution in [2.24, 2.45) is 0 Å². The molecule has 1 N–H and O–H groups in total. The maximum Gasteiger partial charge on any atom is 0.119 e. The van der Waals surface area contributed by atoms with Crippen LogP contribution in [0.15, 0.2) is 30.5 Å². The lowest BCUT2D eigenvalue weighted by molar-refractivity contribution is 0.340. The molecular formula is C17H25N3O. The summed E-state index contributed by atoms with van der Waals surface area (Å²) in [7, 11) is 0. The van der Waals surface area contributed by atoms with Crippen molar-refractivity contribution in [3.05, 3.63) is 41.7 Å². The first-order valence-corrected chi connectivity index (χ1v) is 7.65. The Morgan fingerprint density at radius 3 is 2.57 bits per heavy atom. The topological polar surface area (TPSA) is 39.1 Å². The van der Waals surface area contributed by atoms with E-state index in [2.05, 4.69) is 31.2 Å². The van der Waals surface area contributed by atoms with E-state index in [-0.39, 0.29) is 0 Å². The van der Waals surface area contributed by atoms with E-state index in [1.54, 1.807) is 0 Å². The number of hydrogen-bond acceptors (Lipinski definition) is 3. The van der Waals surface area contributed by atoms with Crippen LogP contribution in [0.25, 0.3) is 5.69 Å². The molecule has 1 atom stereocenters. The number of nitrogens with zero attached hydrogens (tertiary/aromatic N) is 2. The lowest BCUT2D eigenvalue weighted by Gasteiger charge is -2.11. The van der Waals surface area contributed by atoms with Crippen LogP contribution in [0.5, 0.6) is 5.75 Å². The quantitative estimate of drug-likeness (QED) is 0.847. The Labute approximate surface area is 127 Å². The van der Waals surface area contributed by atoms with Crippen LogP contribution in [0.2, 0.25) is 0 Å². The summed E-state index contributed by atoms with van der Waals surface area (Å²) in [5.74, 6) is 0.893. The van der Waals surface area contributed by atoms with Crippen LogP contribution in [0.4, 0.5) is 0 Å². The molecule has 2 rings (SSSR count). The van der Waals surface area contributed by atoms with Crippen molar-refractivity contribution in [3.63, 3.8) is 0 Å². The largest absolute Gasteiger partial charge is 0.494 e. The van der Waals surface area contributed by atoms with Crippen LogP contribution in [0.1, 0.15) is 38.4 Å². The summed E-state index contributed by atoms with van der Waals surface area (Å²) in [6.45, 7) is 10.0. The molecule has 0 aliphatic carbocycles. The second kappa shape index (κ2) is 7.27. The molecule has 114 valence electrons. The first kappa shape index (κ1) is 15.6. The fourth-order valence-corrected chi connectivity index (χ4v) is 2.16. The fraction of sp³-hybridized carbons (Fsp3) is 0.471. The highest BCUT2D eigenvalue weighted by Gasteiger charge is 2.09. The molecule has 0 saturated heterocycles. The third kappa shape index (κ3) is 3.85. The van der Waals surface area contributed by atoms with Gasteiger partial charge in [0, 0.05) is 23.8 Å². The van der Waals surface area contributed by atoms with Crippen LogP contribution in [-0.4, -0.2) is 22.4 Å². The summed E-state index contributed by atoms with van der Waals surface area (Å²) >= 11 is 0. The summed E-state index contributed by atoms with van der Waals surface area (Å²) in [5, 5.41) is 8.01. The molecule has 1 unspecified atom stereocenters. The molecule has 0 spiro atoms. The fourth-order valence-electron chi connectivity index (χ4n) is 2.16. The Hall–Kier alpha value is -1.81. The van der Waals surface area contributed by atoms with Gasteiger partial charge in [-0.15, -0.1) is 0 Å². The van der Waals surface area contributed by atoms with E-state index in [4.69, 9.17) is 4.74 Å². The average molecular weight is 287 g/mol.